The first kappa shape index (κ1) is 16.8. The number of nitrogens with one attached hydrogen (secondary N) is 1. The summed E-state index contributed by atoms with van der Waals surface area (Å²) in [6.07, 6.45) is 0. The average Bonchev–Trinajstić information content (AvgIpc) is 2.67. The van der Waals surface area contributed by atoms with Crippen molar-refractivity contribution in [3.05, 3.63) is 75.8 Å². The maximum atomic E-state index is 13.5. The van der Waals surface area contributed by atoms with Crippen LogP contribution in [0.4, 0.5) is 10.1 Å². The van der Waals surface area contributed by atoms with E-state index in [1.54, 1.807) is 6.07 Å². The molecule has 0 amide bonds. The zero-order valence-electron chi connectivity index (χ0n) is 14.8. The Labute approximate surface area is 151 Å². The largest absolute Gasteiger partial charge is 0.369 e. The van der Waals surface area contributed by atoms with Crippen molar-refractivity contribution in [2.75, 3.05) is 31.1 Å². The second-order valence-corrected chi connectivity index (χ2v) is 6.85. The van der Waals surface area contributed by atoms with E-state index in [-0.39, 0.29) is 11.2 Å². The molecule has 0 spiro atoms. The number of aryl methyl sites for hydroxylation is 1. The molecule has 0 atom stereocenters. The van der Waals surface area contributed by atoms with Crippen LogP contribution in [0.2, 0.25) is 0 Å². The van der Waals surface area contributed by atoms with Crippen molar-refractivity contribution in [1.29, 1.82) is 0 Å². The molecule has 0 unspecified atom stereocenters. The molecule has 0 saturated carbocycles. The molecule has 1 N–H and O–H groups in total. The van der Waals surface area contributed by atoms with Crippen molar-refractivity contribution in [2.24, 2.45) is 0 Å². The summed E-state index contributed by atoms with van der Waals surface area (Å²) in [5.74, 6) is -0.380. The van der Waals surface area contributed by atoms with Gasteiger partial charge >= 0.3 is 0 Å². The highest BCUT2D eigenvalue weighted by molar-refractivity contribution is 5.79. The zero-order valence-corrected chi connectivity index (χ0v) is 14.8. The van der Waals surface area contributed by atoms with Gasteiger partial charge in [-0.2, -0.15) is 0 Å². The number of rotatable bonds is 3. The Hall–Kier alpha value is -2.66. The molecule has 1 aliphatic heterocycles. The maximum absolute atomic E-state index is 13.5. The number of hydrogen-bond acceptors (Lipinski definition) is 3. The molecule has 134 valence electrons. The van der Waals surface area contributed by atoms with Crippen LogP contribution in [-0.4, -0.2) is 36.1 Å². The molecule has 0 aliphatic carbocycles. The molecule has 1 fully saturated rings. The third-order valence-corrected chi connectivity index (χ3v) is 5.15. The Morgan fingerprint density at radius 1 is 1.04 bits per heavy atom. The lowest BCUT2D eigenvalue weighted by atomic mass is 10.1. The van der Waals surface area contributed by atoms with Crippen LogP contribution >= 0.6 is 0 Å². The second kappa shape index (κ2) is 6.92. The van der Waals surface area contributed by atoms with Gasteiger partial charge in [0, 0.05) is 60.6 Å². The van der Waals surface area contributed by atoms with E-state index in [9.17, 15) is 9.18 Å². The summed E-state index contributed by atoms with van der Waals surface area (Å²) in [7, 11) is 0. The van der Waals surface area contributed by atoms with Gasteiger partial charge in [0.1, 0.15) is 5.82 Å². The Balaban J connectivity index is 1.52. The van der Waals surface area contributed by atoms with E-state index in [1.807, 2.05) is 13.0 Å². The summed E-state index contributed by atoms with van der Waals surface area (Å²) in [6, 6.07) is 14.7. The minimum Gasteiger partial charge on any atom is -0.369 e. The molecule has 0 radical (unpaired) electrons. The fourth-order valence-electron chi connectivity index (χ4n) is 3.64. The molecule has 1 saturated heterocycles. The van der Waals surface area contributed by atoms with Gasteiger partial charge in [-0.05, 0) is 37.3 Å². The second-order valence-electron chi connectivity index (χ2n) is 6.85. The Morgan fingerprint density at radius 2 is 1.77 bits per heavy atom. The SMILES string of the molecule is Cc1[nH]c2ccc(F)cc2c(=O)c1CN1CCN(c2ccccc2)CC1. The van der Waals surface area contributed by atoms with Crippen LogP contribution in [0.1, 0.15) is 11.3 Å². The van der Waals surface area contributed by atoms with E-state index in [0.29, 0.717) is 17.4 Å². The van der Waals surface area contributed by atoms with E-state index in [2.05, 4.69) is 39.0 Å². The normalized spacial score (nSPS) is 15.5. The van der Waals surface area contributed by atoms with Gasteiger partial charge in [-0.1, -0.05) is 18.2 Å². The quantitative estimate of drug-likeness (QED) is 0.787. The number of halogens is 1. The third kappa shape index (κ3) is 3.22. The molecular formula is C21H22FN3O. The number of anilines is 1. The summed E-state index contributed by atoms with van der Waals surface area (Å²) in [5, 5.41) is 0.425. The van der Waals surface area contributed by atoms with Crippen LogP contribution < -0.4 is 10.3 Å². The number of nitrogens with zero attached hydrogens (tertiary/aromatic N) is 2. The molecule has 5 heteroatoms. The van der Waals surface area contributed by atoms with E-state index >= 15 is 0 Å². The highest BCUT2D eigenvalue weighted by Gasteiger charge is 2.19. The standard InChI is InChI=1S/C21H22FN3O/c1-15-19(21(26)18-13-16(22)7-8-20(18)23-15)14-24-9-11-25(12-10-24)17-5-3-2-4-6-17/h2-8,13H,9-12,14H2,1H3,(H,23,26). The Morgan fingerprint density at radius 3 is 2.50 bits per heavy atom. The fourth-order valence-corrected chi connectivity index (χ4v) is 3.64. The molecule has 1 aliphatic rings. The molecular weight excluding hydrogens is 329 g/mol. The maximum Gasteiger partial charge on any atom is 0.194 e. The van der Waals surface area contributed by atoms with Gasteiger partial charge in [-0.15, -0.1) is 0 Å². The summed E-state index contributed by atoms with van der Waals surface area (Å²) in [5.41, 5.74) is 3.45. The number of benzene rings is 2. The van der Waals surface area contributed by atoms with Gasteiger partial charge in [0.05, 0.1) is 0 Å². The molecule has 4 rings (SSSR count). The Kier molecular flexibility index (Phi) is 4.47. The number of para-hydroxylation sites is 1. The molecule has 3 aromatic rings. The van der Waals surface area contributed by atoms with Crippen molar-refractivity contribution < 1.29 is 4.39 Å². The number of aromatic nitrogens is 1. The number of H-pyrrole nitrogens is 1. The Bertz CT molecular complexity index is 976. The number of aromatic amines is 1. The first-order chi connectivity index (χ1) is 12.6. The van der Waals surface area contributed by atoms with Gasteiger partial charge < -0.3 is 9.88 Å². The summed E-state index contributed by atoms with van der Waals surface area (Å²) < 4.78 is 13.5. The number of fused-ring (bicyclic) bond motifs is 1. The molecule has 4 nitrogen and oxygen atoms in total. The van der Waals surface area contributed by atoms with Crippen LogP contribution in [0.15, 0.2) is 53.3 Å². The molecule has 26 heavy (non-hydrogen) atoms. The minimum atomic E-state index is -0.380. The van der Waals surface area contributed by atoms with Crippen molar-refractivity contribution in [2.45, 2.75) is 13.5 Å². The number of piperazine rings is 1. The van der Waals surface area contributed by atoms with Crippen LogP contribution in [0.3, 0.4) is 0 Å². The van der Waals surface area contributed by atoms with E-state index < -0.39 is 0 Å². The lowest BCUT2D eigenvalue weighted by molar-refractivity contribution is 0.248. The van der Waals surface area contributed by atoms with Crippen LogP contribution in [0, 0.1) is 12.7 Å². The molecule has 0 bridgehead atoms. The number of hydrogen-bond donors (Lipinski definition) is 1. The highest BCUT2D eigenvalue weighted by Crippen LogP contribution is 2.18. The molecule has 2 aromatic carbocycles. The fraction of sp³-hybridized carbons (Fsp3) is 0.286. The van der Waals surface area contributed by atoms with Crippen LogP contribution in [0.5, 0.6) is 0 Å². The van der Waals surface area contributed by atoms with E-state index in [4.69, 9.17) is 0 Å². The summed E-state index contributed by atoms with van der Waals surface area (Å²) in [6.45, 7) is 6.17. The summed E-state index contributed by atoms with van der Waals surface area (Å²) >= 11 is 0. The van der Waals surface area contributed by atoms with E-state index in [1.165, 1.54) is 17.8 Å². The van der Waals surface area contributed by atoms with Crippen LogP contribution in [0.25, 0.3) is 10.9 Å². The van der Waals surface area contributed by atoms with Gasteiger partial charge in [0.2, 0.25) is 0 Å². The van der Waals surface area contributed by atoms with E-state index in [0.717, 1.165) is 37.4 Å². The topological polar surface area (TPSA) is 39.3 Å². The molecule has 1 aromatic heterocycles. The third-order valence-electron chi connectivity index (χ3n) is 5.15. The van der Waals surface area contributed by atoms with Crippen molar-refractivity contribution in [3.8, 4) is 0 Å². The molecule has 2 heterocycles. The predicted molar refractivity (Wildman–Crippen MR) is 103 cm³/mol. The summed E-state index contributed by atoms with van der Waals surface area (Å²) in [4.78, 5) is 20.7. The monoisotopic (exact) mass is 351 g/mol. The average molecular weight is 351 g/mol. The van der Waals surface area contributed by atoms with Crippen LogP contribution in [-0.2, 0) is 6.54 Å². The van der Waals surface area contributed by atoms with Crippen molar-refractivity contribution in [1.82, 2.24) is 9.88 Å². The first-order valence-corrected chi connectivity index (χ1v) is 8.95. The zero-order chi connectivity index (χ0) is 18.1. The van der Waals surface area contributed by atoms with Gasteiger partial charge in [0.15, 0.2) is 5.43 Å². The lowest BCUT2D eigenvalue weighted by Gasteiger charge is -2.36. The number of pyridine rings is 1. The van der Waals surface area contributed by atoms with Crippen molar-refractivity contribution in [3.63, 3.8) is 0 Å². The first-order valence-electron chi connectivity index (χ1n) is 8.95. The lowest BCUT2D eigenvalue weighted by Crippen LogP contribution is -2.46. The predicted octanol–water partition coefficient (Wildman–Crippen LogP) is 3.30. The highest BCUT2D eigenvalue weighted by atomic mass is 19.1. The van der Waals surface area contributed by atoms with Gasteiger partial charge in [0.25, 0.3) is 0 Å². The smallest absolute Gasteiger partial charge is 0.194 e. The minimum absolute atomic E-state index is 0.0683. The van der Waals surface area contributed by atoms with Gasteiger partial charge in [-0.3, -0.25) is 9.69 Å². The van der Waals surface area contributed by atoms with Crippen molar-refractivity contribution >= 4 is 16.6 Å². The van der Waals surface area contributed by atoms with Gasteiger partial charge in [-0.25, -0.2) is 4.39 Å².